The van der Waals surface area contributed by atoms with Crippen molar-refractivity contribution in [2.24, 2.45) is 0 Å². The minimum absolute atomic E-state index is 0.101. The van der Waals surface area contributed by atoms with E-state index >= 15 is 0 Å². The van der Waals surface area contributed by atoms with Gasteiger partial charge in [-0.2, -0.15) is 0 Å². The highest BCUT2D eigenvalue weighted by Gasteiger charge is 2.46. The molecule has 0 unspecified atom stereocenters. The summed E-state index contributed by atoms with van der Waals surface area (Å²) in [6, 6.07) is 4.60. The predicted octanol–water partition coefficient (Wildman–Crippen LogP) is 2.92. The Balaban J connectivity index is 1.62. The van der Waals surface area contributed by atoms with Gasteiger partial charge in [-0.05, 0) is 50.5 Å². The van der Waals surface area contributed by atoms with E-state index in [1.807, 2.05) is 6.20 Å². The zero-order valence-corrected chi connectivity index (χ0v) is 14.7. The summed E-state index contributed by atoms with van der Waals surface area (Å²) < 4.78 is 46.3. The third kappa shape index (κ3) is 2.65. The molecule has 3 aromatic rings. The zero-order valence-electron chi connectivity index (χ0n) is 13.9. The van der Waals surface area contributed by atoms with E-state index in [0.29, 0.717) is 5.69 Å². The zero-order chi connectivity index (χ0) is 17.8. The van der Waals surface area contributed by atoms with Crippen LogP contribution in [-0.4, -0.2) is 25.1 Å². The number of H-pyrrole nitrogens is 1. The van der Waals surface area contributed by atoms with Crippen molar-refractivity contribution in [3.63, 3.8) is 0 Å². The standard InChI is InChI=1S/C17H18FN3O3S/c1-10-16(11(2)24-21-10)25(22,23)20-9-17(5-6-17)14-8-19-15-7-12(18)3-4-13(14)15/h3-4,7-8,19-20H,5-6,9H2,1-2H3. The van der Waals surface area contributed by atoms with Crippen LogP contribution in [0, 0.1) is 19.7 Å². The summed E-state index contributed by atoms with van der Waals surface area (Å²) in [5, 5.41) is 4.63. The van der Waals surface area contributed by atoms with E-state index in [0.717, 1.165) is 29.3 Å². The number of aromatic nitrogens is 2. The van der Waals surface area contributed by atoms with Gasteiger partial charge in [0, 0.05) is 29.1 Å². The molecule has 0 atom stereocenters. The molecule has 0 aliphatic heterocycles. The minimum Gasteiger partial charge on any atom is -0.361 e. The van der Waals surface area contributed by atoms with E-state index in [1.165, 1.54) is 12.1 Å². The maximum Gasteiger partial charge on any atom is 0.245 e. The van der Waals surface area contributed by atoms with Gasteiger partial charge < -0.3 is 9.51 Å². The fourth-order valence-electron chi connectivity index (χ4n) is 3.39. The number of hydrogen-bond acceptors (Lipinski definition) is 4. The third-order valence-corrected chi connectivity index (χ3v) is 6.55. The summed E-state index contributed by atoms with van der Waals surface area (Å²) in [6.45, 7) is 3.46. The number of rotatable bonds is 5. The van der Waals surface area contributed by atoms with Crippen molar-refractivity contribution in [2.75, 3.05) is 6.54 Å². The first-order valence-corrected chi connectivity index (χ1v) is 9.50. The lowest BCUT2D eigenvalue weighted by molar-refractivity contribution is 0.390. The average Bonchev–Trinajstić information content (AvgIpc) is 3.10. The van der Waals surface area contributed by atoms with Gasteiger partial charge in [-0.25, -0.2) is 17.5 Å². The van der Waals surface area contributed by atoms with Gasteiger partial charge in [0.2, 0.25) is 10.0 Å². The van der Waals surface area contributed by atoms with Crippen molar-refractivity contribution in [2.45, 2.75) is 37.0 Å². The number of aromatic amines is 1. The average molecular weight is 363 g/mol. The molecule has 2 aromatic heterocycles. The first-order chi connectivity index (χ1) is 11.8. The number of hydrogen-bond donors (Lipinski definition) is 2. The number of nitrogens with one attached hydrogen (secondary N) is 2. The molecule has 0 amide bonds. The predicted molar refractivity (Wildman–Crippen MR) is 90.3 cm³/mol. The van der Waals surface area contributed by atoms with Gasteiger partial charge >= 0.3 is 0 Å². The van der Waals surface area contributed by atoms with Crippen LogP contribution in [0.2, 0.25) is 0 Å². The van der Waals surface area contributed by atoms with Crippen LogP contribution in [0.4, 0.5) is 4.39 Å². The third-order valence-electron chi connectivity index (χ3n) is 4.91. The molecule has 0 bridgehead atoms. The van der Waals surface area contributed by atoms with Gasteiger partial charge in [-0.3, -0.25) is 0 Å². The summed E-state index contributed by atoms with van der Waals surface area (Å²) in [5.74, 6) is -0.0257. The lowest BCUT2D eigenvalue weighted by atomic mass is 9.96. The molecule has 1 aromatic carbocycles. The van der Waals surface area contributed by atoms with Crippen LogP contribution in [0.5, 0.6) is 0 Å². The Kier molecular flexibility index (Phi) is 3.52. The van der Waals surface area contributed by atoms with Gasteiger partial charge in [0.1, 0.15) is 16.4 Å². The van der Waals surface area contributed by atoms with Gasteiger partial charge in [0.05, 0.1) is 0 Å². The number of sulfonamides is 1. The van der Waals surface area contributed by atoms with Crippen LogP contribution in [0.25, 0.3) is 10.9 Å². The molecule has 2 N–H and O–H groups in total. The van der Waals surface area contributed by atoms with E-state index in [4.69, 9.17) is 4.52 Å². The number of halogens is 1. The van der Waals surface area contributed by atoms with E-state index in [2.05, 4.69) is 14.9 Å². The molecule has 1 aliphatic carbocycles. The first kappa shape index (κ1) is 16.3. The van der Waals surface area contributed by atoms with Crippen LogP contribution in [0.15, 0.2) is 33.8 Å². The molecule has 132 valence electrons. The lowest BCUT2D eigenvalue weighted by Gasteiger charge is -2.16. The molecule has 8 heteroatoms. The monoisotopic (exact) mass is 363 g/mol. The fourth-order valence-corrected chi connectivity index (χ4v) is 4.85. The van der Waals surface area contributed by atoms with Crippen molar-refractivity contribution < 1.29 is 17.3 Å². The van der Waals surface area contributed by atoms with Crippen LogP contribution in [-0.2, 0) is 15.4 Å². The van der Waals surface area contributed by atoms with E-state index in [-0.39, 0.29) is 28.4 Å². The number of benzene rings is 1. The highest BCUT2D eigenvalue weighted by atomic mass is 32.2. The Morgan fingerprint density at radius 3 is 2.76 bits per heavy atom. The fraction of sp³-hybridized carbons (Fsp3) is 0.353. The Morgan fingerprint density at radius 1 is 1.36 bits per heavy atom. The number of aryl methyl sites for hydroxylation is 2. The molecule has 25 heavy (non-hydrogen) atoms. The Labute approximate surface area is 144 Å². The molecule has 4 rings (SSSR count). The van der Waals surface area contributed by atoms with Crippen LogP contribution in [0.1, 0.15) is 29.9 Å². The van der Waals surface area contributed by atoms with E-state index in [1.54, 1.807) is 19.9 Å². The Morgan fingerprint density at radius 2 is 2.12 bits per heavy atom. The highest BCUT2D eigenvalue weighted by Crippen LogP contribution is 2.50. The second-order valence-corrected chi connectivity index (χ2v) is 8.35. The maximum absolute atomic E-state index is 13.4. The maximum atomic E-state index is 13.4. The SMILES string of the molecule is Cc1noc(C)c1S(=O)(=O)NCC1(c2c[nH]c3cc(F)ccc23)CC1. The molecule has 0 saturated heterocycles. The highest BCUT2D eigenvalue weighted by molar-refractivity contribution is 7.89. The van der Waals surface area contributed by atoms with Crippen molar-refractivity contribution in [1.29, 1.82) is 0 Å². The Hall–Kier alpha value is -2.19. The topological polar surface area (TPSA) is 88.0 Å². The minimum atomic E-state index is -3.70. The molecule has 1 aliphatic rings. The largest absolute Gasteiger partial charge is 0.361 e. The second kappa shape index (κ2) is 5.40. The van der Waals surface area contributed by atoms with Gasteiger partial charge in [-0.15, -0.1) is 0 Å². The summed E-state index contributed by atoms with van der Waals surface area (Å²) >= 11 is 0. The molecular formula is C17H18FN3O3S. The summed E-state index contributed by atoms with van der Waals surface area (Å²) in [6.07, 6.45) is 3.60. The first-order valence-electron chi connectivity index (χ1n) is 8.02. The molecule has 2 heterocycles. The van der Waals surface area contributed by atoms with Crippen molar-refractivity contribution in [3.05, 3.63) is 47.2 Å². The second-order valence-electron chi connectivity index (χ2n) is 6.65. The van der Waals surface area contributed by atoms with Gasteiger partial charge in [0.15, 0.2) is 5.76 Å². The number of fused-ring (bicyclic) bond motifs is 1. The summed E-state index contributed by atoms with van der Waals surface area (Å²) in [4.78, 5) is 3.18. The molecule has 6 nitrogen and oxygen atoms in total. The summed E-state index contributed by atoms with van der Waals surface area (Å²) in [5.41, 5.74) is 1.82. The van der Waals surface area contributed by atoms with E-state index in [9.17, 15) is 12.8 Å². The molecule has 1 fully saturated rings. The lowest BCUT2D eigenvalue weighted by Crippen LogP contribution is -2.32. The van der Waals surface area contributed by atoms with Gasteiger partial charge in [0.25, 0.3) is 0 Å². The normalized spacial score (nSPS) is 16.4. The van der Waals surface area contributed by atoms with Crippen molar-refractivity contribution in [1.82, 2.24) is 14.9 Å². The quantitative estimate of drug-likeness (QED) is 0.729. The molecular weight excluding hydrogens is 345 g/mol. The molecule has 0 spiro atoms. The number of nitrogens with zero attached hydrogens (tertiary/aromatic N) is 1. The van der Waals surface area contributed by atoms with Gasteiger partial charge in [-0.1, -0.05) is 5.16 Å². The smallest absolute Gasteiger partial charge is 0.245 e. The Bertz CT molecular complexity index is 1040. The van der Waals surface area contributed by atoms with Crippen LogP contribution in [0.3, 0.4) is 0 Å². The summed E-state index contributed by atoms with van der Waals surface area (Å²) in [7, 11) is -3.70. The van der Waals surface area contributed by atoms with E-state index < -0.39 is 10.0 Å². The van der Waals surface area contributed by atoms with Crippen LogP contribution >= 0.6 is 0 Å². The van der Waals surface area contributed by atoms with Crippen LogP contribution < -0.4 is 4.72 Å². The molecule has 1 saturated carbocycles. The van der Waals surface area contributed by atoms with Crippen molar-refractivity contribution in [3.8, 4) is 0 Å². The molecule has 0 radical (unpaired) electrons. The van der Waals surface area contributed by atoms with Crippen molar-refractivity contribution >= 4 is 20.9 Å².